The maximum absolute atomic E-state index is 5.96. The van der Waals surface area contributed by atoms with E-state index in [1.807, 2.05) is 24.3 Å². The molecule has 1 unspecified atom stereocenters. The predicted molar refractivity (Wildman–Crippen MR) is 76.3 cm³/mol. The van der Waals surface area contributed by atoms with Crippen molar-refractivity contribution in [2.75, 3.05) is 13.1 Å². The van der Waals surface area contributed by atoms with Crippen LogP contribution in [0.3, 0.4) is 0 Å². The summed E-state index contributed by atoms with van der Waals surface area (Å²) in [4.78, 5) is 4.47. The van der Waals surface area contributed by atoms with E-state index >= 15 is 0 Å². The van der Waals surface area contributed by atoms with Crippen LogP contribution in [0.2, 0.25) is 5.02 Å². The molecule has 0 aliphatic heterocycles. The number of rotatable bonds is 6. The van der Waals surface area contributed by atoms with Crippen molar-refractivity contribution < 1.29 is 4.52 Å². The summed E-state index contributed by atoms with van der Waals surface area (Å²) < 4.78 is 5.36. The van der Waals surface area contributed by atoms with Crippen molar-refractivity contribution >= 4 is 11.6 Å². The van der Waals surface area contributed by atoms with Gasteiger partial charge in [-0.25, -0.2) is 0 Å². The van der Waals surface area contributed by atoms with Crippen LogP contribution in [-0.4, -0.2) is 23.2 Å². The van der Waals surface area contributed by atoms with Crippen molar-refractivity contribution in [3.63, 3.8) is 0 Å². The lowest BCUT2D eigenvalue weighted by Crippen LogP contribution is -2.20. The van der Waals surface area contributed by atoms with Crippen molar-refractivity contribution in [2.24, 2.45) is 0 Å². The third-order valence-corrected chi connectivity index (χ3v) is 3.24. The molecule has 0 bridgehead atoms. The molecule has 5 heteroatoms. The first kappa shape index (κ1) is 14.0. The highest BCUT2D eigenvalue weighted by molar-refractivity contribution is 6.30. The number of hydrogen-bond acceptors (Lipinski definition) is 4. The summed E-state index contributed by atoms with van der Waals surface area (Å²) in [6, 6.07) is 7.46. The minimum Gasteiger partial charge on any atom is -0.339 e. The number of hydrogen-bond donors (Lipinski definition) is 1. The Bertz CT molecular complexity index is 527. The summed E-state index contributed by atoms with van der Waals surface area (Å²) in [7, 11) is 0. The van der Waals surface area contributed by atoms with Gasteiger partial charge >= 0.3 is 0 Å². The molecule has 4 nitrogen and oxygen atoms in total. The molecule has 2 rings (SSSR count). The van der Waals surface area contributed by atoms with Crippen LogP contribution >= 0.6 is 11.6 Å². The molecule has 1 N–H and O–H groups in total. The van der Waals surface area contributed by atoms with Crippen LogP contribution in [0.1, 0.15) is 32.1 Å². The number of likely N-dealkylation sites (N-methyl/N-ethyl adjacent to an activating group) is 1. The second-order valence-corrected chi connectivity index (χ2v) is 4.82. The monoisotopic (exact) mass is 279 g/mol. The van der Waals surface area contributed by atoms with E-state index in [0.717, 1.165) is 25.1 Å². The van der Waals surface area contributed by atoms with E-state index < -0.39 is 0 Å². The van der Waals surface area contributed by atoms with Gasteiger partial charge in [0.05, 0.1) is 5.92 Å². The second-order valence-electron chi connectivity index (χ2n) is 4.38. The fraction of sp³-hybridized carbons (Fsp3) is 0.429. The molecule has 0 saturated carbocycles. The number of nitrogens with zero attached hydrogens (tertiary/aromatic N) is 2. The zero-order valence-electron chi connectivity index (χ0n) is 11.2. The first-order chi connectivity index (χ1) is 9.24. The topological polar surface area (TPSA) is 51.0 Å². The molecule has 0 aliphatic carbocycles. The first-order valence-corrected chi connectivity index (χ1v) is 6.92. The SMILES string of the molecule is CCNCC(CC)c1nc(-c2cccc(Cl)c2)no1. The van der Waals surface area contributed by atoms with Crippen LogP contribution in [-0.2, 0) is 0 Å². The van der Waals surface area contributed by atoms with Crippen molar-refractivity contribution in [3.05, 3.63) is 35.2 Å². The normalized spacial score (nSPS) is 12.6. The minimum absolute atomic E-state index is 0.250. The molecule has 19 heavy (non-hydrogen) atoms. The predicted octanol–water partition coefficient (Wildman–Crippen LogP) is 3.49. The van der Waals surface area contributed by atoms with E-state index in [1.165, 1.54) is 0 Å². The summed E-state index contributed by atoms with van der Waals surface area (Å²) in [6.45, 7) is 5.99. The van der Waals surface area contributed by atoms with Gasteiger partial charge in [-0.15, -0.1) is 0 Å². The van der Waals surface area contributed by atoms with Crippen LogP contribution in [0, 0.1) is 0 Å². The fourth-order valence-electron chi connectivity index (χ4n) is 1.87. The lowest BCUT2D eigenvalue weighted by Gasteiger charge is -2.09. The minimum atomic E-state index is 0.250. The average molecular weight is 280 g/mol. The highest BCUT2D eigenvalue weighted by atomic mass is 35.5. The van der Waals surface area contributed by atoms with Gasteiger partial charge in [0.1, 0.15) is 0 Å². The quantitative estimate of drug-likeness (QED) is 0.879. The Morgan fingerprint density at radius 1 is 1.37 bits per heavy atom. The highest BCUT2D eigenvalue weighted by Crippen LogP contribution is 2.23. The van der Waals surface area contributed by atoms with Crippen LogP contribution in [0.4, 0.5) is 0 Å². The smallest absolute Gasteiger partial charge is 0.231 e. The number of benzene rings is 1. The third-order valence-electron chi connectivity index (χ3n) is 3.01. The second kappa shape index (κ2) is 6.68. The van der Waals surface area contributed by atoms with E-state index in [1.54, 1.807) is 0 Å². The molecule has 1 atom stereocenters. The van der Waals surface area contributed by atoms with E-state index in [2.05, 4.69) is 29.3 Å². The molecule has 0 saturated heterocycles. The van der Waals surface area contributed by atoms with Crippen LogP contribution in [0.25, 0.3) is 11.4 Å². The number of nitrogens with one attached hydrogen (secondary N) is 1. The van der Waals surface area contributed by atoms with Gasteiger partial charge in [-0.1, -0.05) is 42.7 Å². The van der Waals surface area contributed by atoms with E-state index in [-0.39, 0.29) is 5.92 Å². The molecule has 0 aliphatic rings. The largest absolute Gasteiger partial charge is 0.339 e. The van der Waals surface area contributed by atoms with Gasteiger partial charge in [0, 0.05) is 17.1 Å². The van der Waals surface area contributed by atoms with Gasteiger partial charge < -0.3 is 9.84 Å². The molecule has 1 aromatic carbocycles. The zero-order chi connectivity index (χ0) is 13.7. The van der Waals surface area contributed by atoms with Crippen LogP contribution < -0.4 is 5.32 Å². The molecule has 1 heterocycles. The molecule has 0 spiro atoms. The Labute approximate surface area is 118 Å². The van der Waals surface area contributed by atoms with Crippen molar-refractivity contribution in [2.45, 2.75) is 26.2 Å². The van der Waals surface area contributed by atoms with Gasteiger partial charge in [0.15, 0.2) is 0 Å². The van der Waals surface area contributed by atoms with E-state index in [0.29, 0.717) is 16.7 Å². The van der Waals surface area contributed by atoms with Crippen LogP contribution in [0.5, 0.6) is 0 Å². The standard InChI is InChI=1S/C14H18ClN3O/c1-3-10(9-16-4-2)14-17-13(18-19-14)11-6-5-7-12(15)8-11/h5-8,10,16H,3-4,9H2,1-2H3. The fourth-order valence-corrected chi connectivity index (χ4v) is 2.06. The molecule has 0 radical (unpaired) electrons. The highest BCUT2D eigenvalue weighted by Gasteiger charge is 2.17. The summed E-state index contributed by atoms with van der Waals surface area (Å²) in [6.07, 6.45) is 0.962. The number of aromatic nitrogens is 2. The van der Waals surface area contributed by atoms with Crippen molar-refractivity contribution in [3.8, 4) is 11.4 Å². The van der Waals surface area contributed by atoms with E-state index in [4.69, 9.17) is 16.1 Å². The maximum atomic E-state index is 5.96. The first-order valence-electron chi connectivity index (χ1n) is 6.54. The molecule has 102 valence electrons. The summed E-state index contributed by atoms with van der Waals surface area (Å²) in [5.74, 6) is 1.52. The molecular weight excluding hydrogens is 262 g/mol. The third kappa shape index (κ3) is 3.55. The summed E-state index contributed by atoms with van der Waals surface area (Å²) >= 11 is 5.96. The summed E-state index contributed by atoms with van der Waals surface area (Å²) in [5.41, 5.74) is 0.876. The van der Waals surface area contributed by atoms with Crippen molar-refractivity contribution in [1.29, 1.82) is 0 Å². The van der Waals surface area contributed by atoms with Gasteiger partial charge in [-0.05, 0) is 25.1 Å². The molecule has 1 aromatic heterocycles. The molecule has 0 amide bonds. The Hall–Kier alpha value is -1.39. The summed E-state index contributed by atoms with van der Waals surface area (Å²) in [5, 5.41) is 8.01. The Balaban J connectivity index is 2.18. The Morgan fingerprint density at radius 3 is 2.89 bits per heavy atom. The zero-order valence-corrected chi connectivity index (χ0v) is 11.9. The lowest BCUT2D eigenvalue weighted by atomic mass is 10.1. The van der Waals surface area contributed by atoms with Gasteiger partial charge in [-0.3, -0.25) is 0 Å². The van der Waals surface area contributed by atoms with Gasteiger partial charge in [0.2, 0.25) is 11.7 Å². The van der Waals surface area contributed by atoms with E-state index in [9.17, 15) is 0 Å². The molecule has 2 aromatic rings. The molecular formula is C14H18ClN3O. The van der Waals surface area contributed by atoms with Crippen LogP contribution in [0.15, 0.2) is 28.8 Å². The number of halogens is 1. The average Bonchev–Trinajstić information content (AvgIpc) is 2.89. The Kier molecular flexibility index (Phi) is 4.93. The Morgan fingerprint density at radius 2 is 2.21 bits per heavy atom. The molecule has 0 fully saturated rings. The van der Waals surface area contributed by atoms with Crippen molar-refractivity contribution in [1.82, 2.24) is 15.5 Å². The maximum Gasteiger partial charge on any atom is 0.231 e. The van der Waals surface area contributed by atoms with Gasteiger partial charge in [0.25, 0.3) is 0 Å². The van der Waals surface area contributed by atoms with Gasteiger partial charge in [-0.2, -0.15) is 4.98 Å². The lowest BCUT2D eigenvalue weighted by molar-refractivity contribution is 0.345.